The van der Waals surface area contributed by atoms with Crippen molar-refractivity contribution in [2.24, 2.45) is 5.41 Å². The Hall–Kier alpha value is -0.910. The van der Waals surface area contributed by atoms with Gasteiger partial charge in [0.25, 0.3) is 0 Å². The second-order valence-corrected chi connectivity index (χ2v) is 8.47. The summed E-state index contributed by atoms with van der Waals surface area (Å²) in [6.45, 7) is 4.55. The van der Waals surface area contributed by atoms with Gasteiger partial charge < -0.3 is 5.32 Å². The molecule has 5 heteroatoms. The fourth-order valence-corrected chi connectivity index (χ4v) is 4.59. The van der Waals surface area contributed by atoms with Gasteiger partial charge in [0.05, 0.1) is 4.90 Å². The van der Waals surface area contributed by atoms with Crippen LogP contribution in [0.5, 0.6) is 0 Å². The van der Waals surface area contributed by atoms with Gasteiger partial charge in [-0.05, 0) is 67.3 Å². The van der Waals surface area contributed by atoms with Crippen LogP contribution < -0.4 is 10.0 Å². The highest BCUT2D eigenvalue weighted by molar-refractivity contribution is 7.89. The summed E-state index contributed by atoms with van der Waals surface area (Å²) >= 11 is 0. The van der Waals surface area contributed by atoms with Crippen molar-refractivity contribution in [1.82, 2.24) is 10.0 Å². The summed E-state index contributed by atoms with van der Waals surface area (Å²) in [4.78, 5) is 0.413. The molecule has 21 heavy (non-hydrogen) atoms. The molecule has 0 bridgehead atoms. The van der Waals surface area contributed by atoms with E-state index >= 15 is 0 Å². The molecular formula is C16H24N2O2S. The SMILES string of the molecule is CC1(CNS(=O)(=O)c2ccc3c(c2)CCC3)CCCNC1. The summed E-state index contributed by atoms with van der Waals surface area (Å²) in [5, 5.41) is 3.35. The first-order chi connectivity index (χ1) is 9.99. The Morgan fingerprint density at radius 3 is 2.81 bits per heavy atom. The Balaban J connectivity index is 1.72. The molecule has 1 saturated heterocycles. The third-order valence-electron chi connectivity index (χ3n) is 4.75. The molecule has 0 saturated carbocycles. The summed E-state index contributed by atoms with van der Waals surface area (Å²) in [5.41, 5.74) is 2.52. The first kappa shape index (κ1) is 15.0. The minimum Gasteiger partial charge on any atom is -0.316 e. The van der Waals surface area contributed by atoms with Gasteiger partial charge in [-0.2, -0.15) is 0 Å². The molecular weight excluding hydrogens is 284 g/mol. The number of aryl methyl sites for hydroxylation is 2. The molecule has 1 heterocycles. The van der Waals surface area contributed by atoms with E-state index in [4.69, 9.17) is 0 Å². The van der Waals surface area contributed by atoms with Gasteiger partial charge in [-0.25, -0.2) is 13.1 Å². The van der Waals surface area contributed by atoms with Gasteiger partial charge >= 0.3 is 0 Å². The van der Waals surface area contributed by atoms with Crippen molar-refractivity contribution in [1.29, 1.82) is 0 Å². The molecule has 1 aromatic rings. The molecule has 116 valence electrons. The highest BCUT2D eigenvalue weighted by Gasteiger charge is 2.29. The van der Waals surface area contributed by atoms with Gasteiger partial charge in [0.2, 0.25) is 10.0 Å². The van der Waals surface area contributed by atoms with Crippen LogP contribution in [0.1, 0.15) is 37.3 Å². The van der Waals surface area contributed by atoms with Crippen LogP contribution in [0.2, 0.25) is 0 Å². The minimum absolute atomic E-state index is 0.0159. The van der Waals surface area contributed by atoms with Crippen LogP contribution in [0.3, 0.4) is 0 Å². The predicted molar refractivity (Wildman–Crippen MR) is 83.9 cm³/mol. The van der Waals surface area contributed by atoms with Crippen molar-refractivity contribution in [2.75, 3.05) is 19.6 Å². The Kier molecular flexibility index (Phi) is 4.08. The molecule has 4 nitrogen and oxygen atoms in total. The topological polar surface area (TPSA) is 58.2 Å². The average Bonchev–Trinajstić information content (AvgIpc) is 2.94. The van der Waals surface area contributed by atoms with Crippen LogP contribution in [0, 0.1) is 5.41 Å². The van der Waals surface area contributed by atoms with E-state index in [1.165, 1.54) is 11.1 Å². The Bertz CT molecular complexity index is 619. The first-order valence-electron chi connectivity index (χ1n) is 7.81. The lowest BCUT2D eigenvalue weighted by atomic mass is 9.83. The number of piperidine rings is 1. The molecule has 0 amide bonds. The monoisotopic (exact) mass is 308 g/mol. The van der Waals surface area contributed by atoms with Crippen LogP contribution in [0.15, 0.2) is 23.1 Å². The number of benzene rings is 1. The zero-order chi connectivity index (χ0) is 14.9. The summed E-state index contributed by atoms with van der Waals surface area (Å²) < 4.78 is 27.8. The van der Waals surface area contributed by atoms with Crippen molar-refractivity contribution in [3.8, 4) is 0 Å². The molecule has 0 aromatic heterocycles. The number of hydrogen-bond acceptors (Lipinski definition) is 3. The van der Waals surface area contributed by atoms with E-state index in [2.05, 4.69) is 17.0 Å². The Morgan fingerprint density at radius 1 is 1.24 bits per heavy atom. The van der Waals surface area contributed by atoms with Gasteiger partial charge in [0, 0.05) is 13.1 Å². The third-order valence-corrected chi connectivity index (χ3v) is 6.15. The standard InChI is InChI=1S/C16H24N2O2S/c1-16(8-3-9-17-11-16)12-18-21(19,20)15-7-6-13-4-2-5-14(13)10-15/h6-7,10,17-18H,2-5,8-9,11-12H2,1H3. The summed E-state index contributed by atoms with van der Waals surface area (Å²) in [7, 11) is -3.40. The van der Waals surface area contributed by atoms with Crippen molar-refractivity contribution < 1.29 is 8.42 Å². The molecule has 0 radical (unpaired) electrons. The average molecular weight is 308 g/mol. The zero-order valence-corrected chi connectivity index (χ0v) is 13.4. The molecule has 1 aromatic carbocycles. The van der Waals surface area contributed by atoms with Gasteiger partial charge in [-0.3, -0.25) is 0 Å². The Morgan fingerprint density at radius 2 is 2.05 bits per heavy atom. The van der Waals surface area contributed by atoms with Gasteiger partial charge in [-0.1, -0.05) is 13.0 Å². The van der Waals surface area contributed by atoms with Crippen molar-refractivity contribution >= 4 is 10.0 Å². The lowest BCUT2D eigenvalue weighted by Gasteiger charge is -2.34. The van der Waals surface area contributed by atoms with Gasteiger partial charge in [0.15, 0.2) is 0 Å². The third kappa shape index (κ3) is 3.30. The molecule has 1 fully saturated rings. The summed E-state index contributed by atoms with van der Waals surface area (Å²) in [6, 6.07) is 5.57. The van der Waals surface area contributed by atoms with Crippen molar-refractivity contribution in [2.45, 2.75) is 43.9 Å². The molecule has 2 aliphatic rings. The second kappa shape index (κ2) is 5.71. The highest BCUT2D eigenvalue weighted by atomic mass is 32.2. The fourth-order valence-electron chi connectivity index (χ4n) is 3.34. The van der Waals surface area contributed by atoms with E-state index in [1.54, 1.807) is 6.07 Å². The van der Waals surface area contributed by atoms with E-state index in [-0.39, 0.29) is 5.41 Å². The molecule has 1 aliphatic carbocycles. The maximum atomic E-state index is 12.5. The van der Waals surface area contributed by atoms with Crippen LogP contribution in [-0.2, 0) is 22.9 Å². The molecule has 1 unspecified atom stereocenters. The van der Waals surface area contributed by atoms with E-state index in [0.29, 0.717) is 11.4 Å². The highest BCUT2D eigenvalue weighted by Crippen LogP contribution is 2.27. The number of fused-ring (bicyclic) bond motifs is 1. The van der Waals surface area contributed by atoms with Crippen molar-refractivity contribution in [3.63, 3.8) is 0 Å². The molecule has 1 aliphatic heterocycles. The summed E-state index contributed by atoms with van der Waals surface area (Å²) in [5.74, 6) is 0. The largest absolute Gasteiger partial charge is 0.316 e. The van der Waals surface area contributed by atoms with Crippen LogP contribution in [0.4, 0.5) is 0 Å². The predicted octanol–water partition coefficient (Wildman–Crippen LogP) is 1.84. The number of rotatable bonds is 4. The van der Waals surface area contributed by atoms with Crippen LogP contribution in [0.25, 0.3) is 0 Å². The molecule has 0 spiro atoms. The van der Waals surface area contributed by atoms with Crippen LogP contribution in [-0.4, -0.2) is 28.1 Å². The fraction of sp³-hybridized carbons (Fsp3) is 0.625. The summed E-state index contributed by atoms with van der Waals surface area (Å²) in [6.07, 6.45) is 5.38. The van der Waals surface area contributed by atoms with Crippen molar-refractivity contribution in [3.05, 3.63) is 29.3 Å². The zero-order valence-electron chi connectivity index (χ0n) is 12.6. The number of nitrogens with one attached hydrogen (secondary N) is 2. The molecule has 1 atom stereocenters. The van der Waals surface area contributed by atoms with Gasteiger partial charge in [0.1, 0.15) is 0 Å². The minimum atomic E-state index is -3.40. The number of sulfonamides is 1. The van der Waals surface area contributed by atoms with E-state index in [1.807, 2.05) is 12.1 Å². The molecule has 3 rings (SSSR count). The smallest absolute Gasteiger partial charge is 0.240 e. The van der Waals surface area contributed by atoms with E-state index < -0.39 is 10.0 Å². The lowest BCUT2D eigenvalue weighted by Crippen LogP contribution is -2.45. The maximum absolute atomic E-state index is 12.5. The maximum Gasteiger partial charge on any atom is 0.240 e. The lowest BCUT2D eigenvalue weighted by molar-refractivity contribution is 0.238. The molecule has 2 N–H and O–H groups in total. The van der Waals surface area contributed by atoms with E-state index in [0.717, 1.165) is 45.2 Å². The number of hydrogen-bond donors (Lipinski definition) is 2. The van der Waals surface area contributed by atoms with E-state index in [9.17, 15) is 8.42 Å². The van der Waals surface area contributed by atoms with Crippen LogP contribution >= 0.6 is 0 Å². The normalized spacial score (nSPS) is 25.8. The van der Waals surface area contributed by atoms with Gasteiger partial charge in [-0.15, -0.1) is 0 Å². The second-order valence-electron chi connectivity index (χ2n) is 6.70. The first-order valence-corrected chi connectivity index (χ1v) is 9.29. The quantitative estimate of drug-likeness (QED) is 0.892. The Labute approximate surface area is 127 Å².